The lowest BCUT2D eigenvalue weighted by molar-refractivity contribution is 0.188. The van der Waals surface area contributed by atoms with Gasteiger partial charge in [-0.15, -0.1) is 0 Å². The number of hydrogen-bond donors (Lipinski definition) is 1. The third kappa shape index (κ3) is 2.00. The van der Waals surface area contributed by atoms with Crippen molar-refractivity contribution in [3.8, 4) is 0 Å². The number of rotatable bonds is 4. The van der Waals surface area contributed by atoms with Crippen LogP contribution in [0.15, 0.2) is 24.5 Å². The van der Waals surface area contributed by atoms with Crippen molar-refractivity contribution in [1.29, 1.82) is 0 Å². The predicted molar refractivity (Wildman–Crippen MR) is 57.5 cm³/mol. The van der Waals surface area contributed by atoms with Gasteiger partial charge in [-0.1, -0.05) is 6.07 Å². The molecule has 0 unspecified atom stereocenters. The molecule has 0 radical (unpaired) electrons. The van der Waals surface area contributed by atoms with Gasteiger partial charge in [-0.05, 0) is 17.7 Å². The first-order valence-corrected chi connectivity index (χ1v) is 4.88. The molecule has 0 saturated carbocycles. The number of ether oxygens (including phenoxy) is 1. The fourth-order valence-corrected chi connectivity index (χ4v) is 1.58. The number of fused-ring (bicyclic) bond motifs is 1. The summed E-state index contributed by atoms with van der Waals surface area (Å²) in [5.74, 6) is 0. The summed E-state index contributed by atoms with van der Waals surface area (Å²) >= 11 is 0. The summed E-state index contributed by atoms with van der Waals surface area (Å²) in [6, 6.07) is 5.79. The van der Waals surface area contributed by atoms with E-state index in [1.54, 1.807) is 13.4 Å². The monoisotopic (exact) mass is 206 g/mol. The maximum absolute atomic E-state index is 8.99. The van der Waals surface area contributed by atoms with Crippen LogP contribution in [0.2, 0.25) is 0 Å². The number of nitrogens with zero attached hydrogens (tertiary/aromatic N) is 2. The Kier molecular flexibility index (Phi) is 2.99. The van der Waals surface area contributed by atoms with Crippen molar-refractivity contribution in [3.05, 3.63) is 30.1 Å². The zero-order valence-electron chi connectivity index (χ0n) is 8.68. The number of aliphatic hydroxyl groups is 1. The van der Waals surface area contributed by atoms with Gasteiger partial charge in [0.2, 0.25) is 0 Å². The minimum Gasteiger partial charge on any atom is -0.392 e. The molecule has 0 fully saturated rings. The van der Waals surface area contributed by atoms with Gasteiger partial charge in [0, 0.05) is 13.7 Å². The predicted octanol–water partition coefficient (Wildman–Crippen LogP) is 1.18. The Hall–Kier alpha value is -1.39. The molecule has 1 aromatic carbocycles. The second-order valence-electron chi connectivity index (χ2n) is 3.41. The first kappa shape index (κ1) is 10.1. The summed E-state index contributed by atoms with van der Waals surface area (Å²) in [6.45, 7) is 1.53. The van der Waals surface area contributed by atoms with Gasteiger partial charge < -0.3 is 14.4 Å². The van der Waals surface area contributed by atoms with Crippen molar-refractivity contribution < 1.29 is 9.84 Å². The first-order chi connectivity index (χ1) is 7.35. The van der Waals surface area contributed by atoms with Gasteiger partial charge in [-0.3, -0.25) is 0 Å². The summed E-state index contributed by atoms with van der Waals surface area (Å²) < 4.78 is 7.06. The van der Waals surface area contributed by atoms with Gasteiger partial charge in [-0.2, -0.15) is 0 Å². The van der Waals surface area contributed by atoms with Gasteiger partial charge in [-0.25, -0.2) is 4.98 Å². The summed E-state index contributed by atoms with van der Waals surface area (Å²) in [5, 5.41) is 8.99. The molecule has 0 saturated heterocycles. The highest BCUT2D eigenvalue weighted by Crippen LogP contribution is 2.14. The number of aliphatic hydroxyl groups excluding tert-OH is 1. The van der Waals surface area contributed by atoms with Crippen LogP contribution in [-0.4, -0.2) is 28.4 Å². The van der Waals surface area contributed by atoms with Crippen LogP contribution in [0, 0.1) is 0 Å². The van der Waals surface area contributed by atoms with Crippen molar-refractivity contribution in [3.63, 3.8) is 0 Å². The third-order valence-electron chi connectivity index (χ3n) is 2.40. The molecule has 0 amide bonds. The molecule has 1 aromatic heterocycles. The summed E-state index contributed by atoms with van der Waals surface area (Å²) in [5.41, 5.74) is 2.88. The maximum atomic E-state index is 8.99. The molecular weight excluding hydrogens is 192 g/mol. The van der Waals surface area contributed by atoms with Gasteiger partial charge >= 0.3 is 0 Å². The third-order valence-corrected chi connectivity index (χ3v) is 2.40. The van der Waals surface area contributed by atoms with E-state index < -0.39 is 0 Å². The van der Waals surface area contributed by atoms with E-state index in [1.807, 2.05) is 22.8 Å². The highest BCUT2D eigenvalue weighted by atomic mass is 16.5. The molecule has 80 valence electrons. The Morgan fingerprint density at radius 2 is 2.33 bits per heavy atom. The van der Waals surface area contributed by atoms with Crippen molar-refractivity contribution >= 4 is 11.0 Å². The normalized spacial score (nSPS) is 11.1. The van der Waals surface area contributed by atoms with E-state index in [2.05, 4.69) is 4.98 Å². The minimum absolute atomic E-state index is 0.0564. The largest absolute Gasteiger partial charge is 0.392 e. The van der Waals surface area contributed by atoms with Crippen LogP contribution in [0.1, 0.15) is 5.56 Å². The van der Waals surface area contributed by atoms with Crippen molar-refractivity contribution in [1.82, 2.24) is 9.55 Å². The highest BCUT2D eigenvalue weighted by Gasteiger charge is 2.02. The average Bonchev–Trinajstić information content (AvgIpc) is 2.68. The molecule has 0 aliphatic heterocycles. The minimum atomic E-state index is 0.0564. The van der Waals surface area contributed by atoms with Gasteiger partial charge in [0.1, 0.15) is 0 Å². The number of imidazole rings is 1. The van der Waals surface area contributed by atoms with Crippen LogP contribution in [0.4, 0.5) is 0 Å². The molecular formula is C11H14N2O2. The molecule has 15 heavy (non-hydrogen) atoms. The van der Waals surface area contributed by atoms with Crippen molar-refractivity contribution in [2.45, 2.75) is 13.2 Å². The van der Waals surface area contributed by atoms with Crippen molar-refractivity contribution in [2.75, 3.05) is 13.7 Å². The zero-order chi connectivity index (χ0) is 10.7. The molecule has 2 aromatic rings. The maximum Gasteiger partial charge on any atom is 0.0959 e. The number of methoxy groups -OCH3 is 1. The topological polar surface area (TPSA) is 47.3 Å². The van der Waals surface area contributed by atoms with Gasteiger partial charge in [0.15, 0.2) is 0 Å². The highest BCUT2D eigenvalue weighted by molar-refractivity contribution is 5.76. The Labute approximate surface area is 88.1 Å². The molecule has 1 N–H and O–H groups in total. The van der Waals surface area contributed by atoms with Crippen LogP contribution >= 0.6 is 0 Å². The van der Waals surface area contributed by atoms with E-state index in [-0.39, 0.29) is 6.61 Å². The van der Waals surface area contributed by atoms with E-state index in [0.717, 1.165) is 23.1 Å². The summed E-state index contributed by atoms with van der Waals surface area (Å²) in [6.07, 6.45) is 1.80. The Bertz CT molecular complexity index is 451. The molecule has 2 rings (SSSR count). The van der Waals surface area contributed by atoms with Crippen LogP contribution in [-0.2, 0) is 17.9 Å². The molecule has 0 bridgehead atoms. The van der Waals surface area contributed by atoms with Gasteiger partial charge in [0.05, 0.1) is 30.6 Å². The lowest BCUT2D eigenvalue weighted by Gasteiger charge is -2.03. The SMILES string of the molecule is COCCn1cnc2cc(CO)ccc21. The van der Waals surface area contributed by atoms with E-state index >= 15 is 0 Å². The van der Waals surface area contributed by atoms with Gasteiger partial charge in [0.25, 0.3) is 0 Å². The first-order valence-electron chi connectivity index (χ1n) is 4.88. The standard InChI is InChI=1S/C11H14N2O2/c1-15-5-4-13-8-12-10-6-9(7-14)2-3-11(10)13/h2-3,6,8,14H,4-5,7H2,1H3. The Balaban J connectivity index is 2.34. The lowest BCUT2D eigenvalue weighted by atomic mass is 10.2. The Morgan fingerprint density at radius 3 is 3.07 bits per heavy atom. The molecule has 0 aliphatic rings. The number of benzene rings is 1. The van der Waals surface area contributed by atoms with E-state index in [9.17, 15) is 0 Å². The second kappa shape index (κ2) is 4.42. The zero-order valence-corrected chi connectivity index (χ0v) is 8.68. The van der Waals surface area contributed by atoms with Crippen LogP contribution in [0.25, 0.3) is 11.0 Å². The summed E-state index contributed by atoms with van der Waals surface area (Å²) in [7, 11) is 1.68. The average molecular weight is 206 g/mol. The van der Waals surface area contributed by atoms with Crippen LogP contribution < -0.4 is 0 Å². The smallest absolute Gasteiger partial charge is 0.0959 e. The van der Waals surface area contributed by atoms with Crippen LogP contribution in [0.5, 0.6) is 0 Å². The van der Waals surface area contributed by atoms with E-state index in [4.69, 9.17) is 9.84 Å². The second-order valence-corrected chi connectivity index (χ2v) is 3.41. The molecule has 1 heterocycles. The van der Waals surface area contributed by atoms with E-state index in [0.29, 0.717) is 6.61 Å². The van der Waals surface area contributed by atoms with Crippen LogP contribution in [0.3, 0.4) is 0 Å². The Morgan fingerprint density at radius 1 is 1.47 bits per heavy atom. The molecule has 0 atom stereocenters. The summed E-state index contributed by atoms with van der Waals surface area (Å²) in [4.78, 5) is 4.28. The number of hydrogen-bond acceptors (Lipinski definition) is 3. The lowest BCUT2D eigenvalue weighted by Crippen LogP contribution is -2.02. The quantitative estimate of drug-likeness (QED) is 0.817. The molecule has 4 nitrogen and oxygen atoms in total. The van der Waals surface area contributed by atoms with Crippen molar-refractivity contribution in [2.24, 2.45) is 0 Å². The fraction of sp³-hybridized carbons (Fsp3) is 0.364. The molecule has 0 spiro atoms. The fourth-order valence-electron chi connectivity index (χ4n) is 1.58. The number of aromatic nitrogens is 2. The molecule has 0 aliphatic carbocycles. The van der Waals surface area contributed by atoms with E-state index in [1.165, 1.54) is 0 Å². The molecule has 4 heteroatoms.